The molecule has 0 atom stereocenters. The van der Waals surface area contributed by atoms with Gasteiger partial charge in [-0.1, -0.05) is 45.4 Å². The van der Waals surface area contributed by atoms with Crippen molar-refractivity contribution in [1.29, 1.82) is 0 Å². The second kappa shape index (κ2) is 17.4. The lowest BCUT2D eigenvalue weighted by atomic mass is 10.1. The summed E-state index contributed by atoms with van der Waals surface area (Å²) < 4.78 is 0.675. The van der Waals surface area contributed by atoms with Crippen molar-refractivity contribution < 1.29 is 31.2 Å². The second-order valence-corrected chi connectivity index (χ2v) is 6.01. The minimum atomic E-state index is 0. The van der Waals surface area contributed by atoms with Crippen molar-refractivity contribution >= 4 is 0 Å². The first-order chi connectivity index (χ1) is 11.1. The van der Waals surface area contributed by atoms with Crippen molar-refractivity contribution in [2.24, 2.45) is 0 Å². The summed E-state index contributed by atoms with van der Waals surface area (Å²) in [7, 11) is 4.22. The van der Waals surface area contributed by atoms with Gasteiger partial charge in [0.15, 0.2) is 6.04 Å². The molecule has 1 nitrogen and oxygen atoms in total. The van der Waals surface area contributed by atoms with Crippen LogP contribution in [0.5, 0.6) is 0 Å². The maximum Gasteiger partial charge on any atom is 0.151 e. The fourth-order valence-electron chi connectivity index (χ4n) is 2.07. The molecule has 0 aliphatic heterocycles. The van der Waals surface area contributed by atoms with Crippen molar-refractivity contribution in [3.63, 3.8) is 0 Å². The fraction of sp³-hybridized carbons (Fsp3) is 0.545. The maximum atomic E-state index is 4.97. The van der Waals surface area contributed by atoms with Crippen molar-refractivity contribution in [3.05, 3.63) is 0 Å². The molecule has 0 aliphatic rings. The van der Waals surface area contributed by atoms with Gasteiger partial charge in [0.1, 0.15) is 0 Å². The largest absolute Gasteiger partial charge is 1.00 e. The second-order valence-electron chi connectivity index (χ2n) is 6.01. The van der Waals surface area contributed by atoms with Crippen LogP contribution in [0.25, 0.3) is 0 Å². The van der Waals surface area contributed by atoms with Crippen LogP contribution in [0.2, 0.25) is 0 Å². The van der Waals surface area contributed by atoms with Gasteiger partial charge in [-0.15, -0.1) is 6.42 Å². The number of unbranched alkanes of at least 4 members (excludes halogenated alkanes) is 7. The first-order valence-electron chi connectivity index (χ1n) is 8.43. The summed E-state index contributed by atoms with van der Waals surface area (Å²) in [6.45, 7) is 3.31. The number of halogens is 1. The number of nitrogens with zero attached hydrogens (tertiary/aromatic N) is 1. The van der Waals surface area contributed by atoms with Gasteiger partial charge in [0.25, 0.3) is 0 Å². The molecular formula is C22H48ClN. The number of hydrogen-bond acceptors (Lipinski definition) is 0. The number of terminal acetylenes is 1. The molecule has 0 unspecified atom stereocenters. The van der Waals surface area contributed by atoms with Gasteiger partial charge in [0.2, 0.25) is 0 Å². The number of quaternary nitrogens is 1. The van der Waals surface area contributed by atoms with Crippen LogP contribution in [-0.2, 0) is 0 Å². The van der Waals surface area contributed by atoms with Crippen LogP contribution in [0.4, 0.5) is 0 Å². The molecule has 0 saturated carbocycles. The van der Waals surface area contributed by atoms with Gasteiger partial charge < -0.3 is 12.4 Å². The van der Waals surface area contributed by atoms with Gasteiger partial charge >= 0.3 is 0 Å². The Kier molecular flexibility index (Phi) is 17.6. The van der Waals surface area contributed by atoms with Crippen molar-refractivity contribution in [1.82, 2.24) is 0 Å². The Labute approximate surface area is 170 Å². The Morgan fingerprint density at radius 2 is 1.17 bits per heavy atom. The lowest BCUT2D eigenvalue weighted by Gasteiger charge is -2.20. The van der Waals surface area contributed by atoms with Crippen LogP contribution in [-0.4, -0.2) is 25.1 Å². The van der Waals surface area contributed by atoms with Gasteiger partial charge in [-0.2, -0.15) is 0 Å². The van der Waals surface area contributed by atoms with E-state index in [1.165, 1.54) is 51.4 Å². The molecule has 0 saturated heterocycles. The molecule has 2 heteroatoms. The summed E-state index contributed by atoms with van der Waals surface area (Å²) in [5, 5.41) is 0. The van der Waals surface area contributed by atoms with E-state index in [0.717, 1.165) is 6.54 Å². The predicted octanol–water partition coefficient (Wildman–Crippen LogP) is 3.27. The molecule has 24 heavy (non-hydrogen) atoms. The Balaban J connectivity index is -0.0000000440. The van der Waals surface area contributed by atoms with E-state index < -0.39 is 0 Å². The fourth-order valence-corrected chi connectivity index (χ4v) is 2.07. The smallest absolute Gasteiger partial charge is 0.151 e. The normalized spacial score (nSPS) is 8.42. The lowest BCUT2D eigenvalue weighted by Crippen LogP contribution is -3.00. The Morgan fingerprint density at radius 3 is 1.71 bits per heavy atom. The number of rotatable bonds is 9. The first-order valence-corrected chi connectivity index (χ1v) is 8.43. The summed E-state index contributed by atoms with van der Waals surface area (Å²) in [6, 6.07) is 3.16. The Morgan fingerprint density at radius 1 is 0.708 bits per heavy atom. The minimum absolute atomic E-state index is 0. The van der Waals surface area contributed by atoms with Crippen LogP contribution in [0.1, 0.15) is 72.6 Å². The van der Waals surface area contributed by atoms with E-state index in [9.17, 15) is 0 Å². The molecule has 0 aromatic carbocycles. The SMILES string of the molecule is C#CC#CC#CC#CC#C[N+](C)(C)CCCCCCCCCC.[Cl-].[HH].[HH].[HH].[HH].[HH].[HH].[HH].[HH].[HH].[HH]. The molecule has 0 N–H and O–H groups in total. The zero-order chi connectivity index (χ0) is 17.2. The number of hydrogen-bond donors (Lipinski definition) is 0. The summed E-state index contributed by atoms with van der Waals surface area (Å²) in [5.74, 6) is 20.5. The van der Waals surface area contributed by atoms with Crippen molar-refractivity contribution in [2.45, 2.75) is 58.3 Å². The quantitative estimate of drug-likeness (QED) is 0.336. The van der Waals surface area contributed by atoms with E-state index in [1.54, 1.807) is 0 Å². The van der Waals surface area contributed by atoms with Crippen LogP contribution in [0.15, 0.2) is 0 Å². The molecule has 0 aliphatic carbocycles. The Hall–Kier alpha value is -1.95. The molecule has 0 rings (SSSR count). The van der Waals surface area contributed by atoms with E-state index in [1.807, 2.05) is 0 Å². The molecule has 0 aromatic rings. The first kappa shape index (κ1) is 24.3. The zero-order valence-electron chi connectivity index (χ0n) is 15.3. The summed E-state index contributed by atoms with van der Waals surface area (Å²) in [6.07, 6.45) is 15.6. The monoisotopic (exact) mass is 361 g/mol. The Bertz CT molecular complexity index is 636. The average Bonchev–Trinajstić information content (AvgIpc) is 2.52. The molecule has 0 fully saturated rings. The van der Waals surface area contributed by atoms with Gasteiger partial charge in [-0.3, -0.25) is 4.48 Å². The van der Waals surface area contributed by atoms with Crippen molar-refractivity contribution in [3.8, 4) is 59.8 Å². The minimum Gasteiger partial charge on any atom is -1.00 e. The van der Waals surface area contributed by atoms with Gasteiger partial charge in [-0.05, 0) is 36.5 Å². The van der Waals surface area contributed by atoms with Gasteiger partial charge in [0, 0.05) is 32.0 Å². The third-order valence-electron chi connectivity index (χ3n) is 3.38. The molecule has 0 aromatic heterocycles. The predicted molar refractivity (Wildman–Crippen MR) is 121 cm³/mol. The zero-order valence-corrected chi connectivity index (χ0v) is 16.0. The van der Waals surface area contributed by atoms with Gasteiger partial charge in [0.05, 0.1) is 26.6 Å². The highest BCUT2D eigenvalue weighted by Gasteiger charge is 2.10. The molecule has 148 valence electrons. The van der Waals surface area contributed by atoms with Crippen LogP contribution < -0.4 is 12.4 Å². The summed E-state index contributed by atoms with van der Waals surface area (Å²) in [5.41, 5.74) is 0. The lowest BCUT2D eigenvalue weighted by molar-refractivity contribution is -0.822. The average molecular weight is 362 g/mol. The van der Waals surface area contributed by atoms with Crippen molar-refractivity contribution in [2.75, 3.05) is 20.6 Å². The molecule has 0 spiro atoms. The van der Waals surface area contributed by atoms with E-state index in [2.05, 4.69) is 74.4 Å². The van der Waals surface area contributed by atoms with E-state index in [-0.39, 0.29) is 26.7 Å². The topological polar surface area (TPSA) is 0 Å². The maximum absolute atomic E-state index is 4.97. The standard InChI is InChI=1S/C22H28N.ClH.10H2/c1-5-7-9-11-13-15-17-19-21-23(3,4)22-20-18-16-14-12-10-8-6-2;;;;;;;;;;;/h1H,6,8,10,12,14,16,18,20,22H2,2-4H3;11*1H/q+1;;;;;;;;;;;/p-1. The molecule has 0 amide bonds. The molecule has 0 heterocycles. The molecule has 0 bridgehead atoms. The highest BCUT2D eigenvalue weighted by Crippen LogP contribution is 2.09. The highest BCUT2D eigenvalue weighted by atomic mass is 35.5. The molecular weight excluding hydrogens is 314 g/mol. The highest BCUT2D eigenvalue weighted by molar-refractivity contribution is 5.41. The van der Waals surface area contributed by atoms with E-state index in [4.69, 9.17) is 6.42 Å². The third kappa shape index (κ3) is 18.1. The van der Waals surface area contributed by atoms with Crippen LogP contribution >= 0.6 is 0 Å². The van der Waals surface area contributed by atoms with Crippen LogP contribution in [0.3, 0.4) is 0 Å². The summed E-state index contributed by atoms with van der Waals surface area (Å²) >= 11 is 0. The van der Waals surface area contributed by atoms with E-state index in [0.29, 0.717) is 4.48 Å². The van der Waals surface area contributed by atoms with Crippen LogP contribution in [0, 0.1) is 59.8 Å². The molecule has 0 radical (unpaired) electrons. The van der Waals surface area contributed by atoms with Gasteiger partial charge in [-0.25, -0.2) is 0 Å². The van der Waals surface area contributed by atoms with E-state index >= 15 is 0 Å². The third-order valence-corrected chi connectivity index (χ3v) is 3.38. The summed E-state index contributed by atoms with van der Waals surface area (Å²) in [4.78, 5) is 0.